The fourth-order valence-electron chi connectivity index (χ4n) is 2.13. The first-order valence-electron chi connectivity index (χ1n) is 6.26. The van der Waals surface area contributed by atoms with E-state index in [2.05, 4.69) is 10.3 Å². The van der Waals surface area contributed by atoms with Crippen LogP contribution in [0.25, 0.3) is 0 Å². The lowest BCUT2D eigenvalue weighted by atomic mass is 10.0. The number of ether oxygens (including phenoxy) is 1. The summed E-state index contributed by atoms with van der Waals surface area (Å²) in [6.45, 7) is 2.65. The second kappa shape index (κ2) is 7.31. The third kappa shape index (κ3) is 4.92. The molecule has 1 unspecified atom stereocenters. The standard InChI is InChI=1S/C12H19ClN2OS/c13-12-15-8-11(17-12)9-16-7-3-5-10-4-1-2-6-14-10/h8,10,14H,1-7,9H2. The van der Waals surface area contributed by atoms with E-state index in [1.165, 1.54) is 43.6 Å². The minimum absolute atomic E-state index is 0.593. The van der Waals surface area contributed by atoms with Gasteiger partial charge in [-0.2, -0.15) is 0 Å². The van der Waals surface area contributed by atoms with Crippen LogP contribution in [0, 0.1) is 0 Å². The molecule has 3 nitrogen and oxygen atoms in total. The van der Waals surface area contributed by atoms with Gasteiger partial charge < -0.3 is 10.1 Å². The van der Waals surface area contributed by atoms with Gasteiger partial charge in [-0.1, -0.05) is 18.0 Å². The SMILES string of the molecule is Clc1ncc(COCCCC2CCCCN2)s1. The summed E-state index contributed by atoms with van der Waals surface area (Å²) in [4.78, 5) is 5.09. The second-order valence-corrected chi connectivity index (χ2v) is 6.12. The molecule has 1 atom stereocenters. The van der Waals surface area contributed by atoms with E-state index in [9.17, 15) is 0 Å². The van der Waals surface area contributed by atoms with Gasteiger partial charge in [0.25, 0.3) is 0 Å². The fraction of sp³-hybridized carbons (Fsp3) is 0.750. The molecule has 17 heavy (non-hydrogen) atoms. The fourth-order valence-corrected chi connectivity index (χ4v) is 3.04. The topological polar surface area (TPSA) is 34.1 Å². The number of piperidine rings is 1. The third-order valence-electron chi connectivity index (χ3n) is 3.02. The van der Waals surface area contributed by atoms with Crippen LogP contribution in [0.2, 0.25) is 4.47 Å². The molecule has 0 saturated carbocycles. The average Bonchev–Trinajstić information content (AvgIpc) is 2.76. The van der Waals surface area contributed by atoms with Crippen molar-refractivity contribution in [2.75, 3.05) is 13.2 Å². The Bertz CT molecular complexity index is 326. The van der Waals surface area contributed by atoms with E-state index >= 15 is 0 Å². The molecule has 5 heteroatoms. The van der Waals surface area contributed by atoms with Crippen molar-refractivity contribution in [3.05, 3.63) is 15.5 Å². The van der Waals surface area contributed by atoms with E-state index in [-0.39, 0.29) is 0 Å². The molecule has 2 heterocycles. The van der Waals surface area contributed by atoms with Gasteiger partial charge in [-0.25, -0.2) is 4.98 Å². The van der Waals surface area contributed by atoms with Crippen LogP contribution >= 0.6 is 22.9 Å². The first kappa shape index (κ1) is 13.3. The summed E-state index contributed by atoms with van der Waals surface area (Å²) in [5, 5.41) is 3.55. The van der Waals surface area contributed by atoms with E-state index in [0.29, 0.717) is 17.1 Å². The number of thiazole rings is 1. The van der Waals surface area contributed by atoms with Crippen molar-refractivity contribution in [3.8, 4) is 0 Å². The summed E-state index contributed by atoms with van der Waals surface area (Å²) >= 11 is 7.24. The summed E-state index contributed by atoms with van der Waals surface area (Å²) in [5.74, 6) is 0. The highest BCUT2D eigenvalue weighted by atomic mass is 35.5. The molecular formula is C12H19ClN2OS. The van der Waals surface area contributed by atoms with Crippen LogP contribution in [0.1, 0.15) is 37.0 Å². The molecule has 0 amide bonds. The van der Waals surface area contributed by atoms with Crippen molar-refractivity contribution in [2.45, 2.75) is 44.8 Å². The highest BCUT2D eigenvalue weighted by Gasteiger charge is 2.11. The Morgan fingerprint density at radius 1 is 1.53 bits per heavy atom. The zero-order valence-corrected chi connectivity index (χ0v) is 11.5. The van der Waals surface area contributed by atoms with Crippen molar-refractivity contribution in [1.82, 2.24) is 10.3 Å². The van der Waals surface area contributed by atoms with Crippen molar-refractivity contribution in [1.29, 1.82) is 0 Å². The second-order valence-electron chi connectivity index (χ2n) is 4.42. The molecule has 96 valence electrons. The minimum Gasteiger partial charge on any atom is -0.376 e. The summed E-state index contributed by atoms with van der Waals surface area (Å²) in [5.41, 5.74) is 0. The number of nitrogens with zero attached hydrogens (tertiary/aromatic N) is 1. The van der Waals surface area contributed by atoms with Gasteiger partial charge >= 0.3 is 0 Å². The van der Waals surface area contributed by atoms with Crippen molar-refractivity contribution in [3.63, 3.8) is 0 Å². The normalized spacial score (nSPS) is 20.6. The van der Waals surface area contributed by atoms with Crippen LogP contribution < -0.4 is 5.32 Å². The molecule has 0 aromatic carbocycles. The first-order chi connectivity index (χ1) is 8.34. The smallest absolute Gasteiger partial charge is 0.183 e. The first-order valence-corrected chi connectivity index (χ1v) is 7.45. The largest absolute Gasteiger partial charge is 0.376 e. The Morgan fingerprint density at radius 3 is 3.18 bits per heavy atom. The minimum atomic E-state index is 0.593. The van der Waals surface area contributed by atoms with Crippen LogP contribution in [0.3, 0.4) is 0 Å². The lowest BCUT2D eigenvalue weighted by molar-refractivity contribution is 0.116. The van der Waals surface area contributed by atoms with Crippen molar-refractivity contribution < 1.29 is 4.74 Å². The molecule has 1 aromatic heterocycles. The van der Waals surface area contributed by atoms with Gasteiger partial charge in [-0.3, -0.25) is 0 Å². The number of halogens is 1. The summed E-state index contributed by atoms with van der Waals surface area (Å²) < 4.78 is 6.20. The molecule has 1 saturated heterocycles. The third-order valence-corrected chi connectivity index (χ3v) is 4.11. The Hall–Kier alpha value is -0.160. The van der Waals surface area contributed by atoms with E-state index in [1.54, 1.807) is 6.20 Å². The van der Waals surface area contributed by atoms with Crippen LogP contribution in [-0.4, -0.2) is 24.2 Å². The van der Waals surface area contributed by atoms with Crippen molar-refractivity contribution in [2.24, 2.45) is 0 Å². The van der Waals surface area contributed by atoms with Crippen LogP contribution in [0.15, 0.2) is 6.20 Å². The Labute approximate surface area is 112 Å². The summed E-state index contributed by atoms with van der Waals surface area (Å²) in [6, 6.07) is 0.713. The summed E-state index contributed by atoms with van der Waals surface area (Å²) in [6.07, 6.45) is 8.17. The van der Waals surface area contributed by atoms with E-state index in [0.717, 1.165) is 17.9 Å². The van der Waals surface area contributed by atoms with E-state index < -0.39 is 0 Å². The molecule has 1 fully saturated rings. The van der Waals surface area contributed by atoms with Gasteiger partial charge in [0.15, 0.2) is 4.47 Å². The molecule has 0 radical (unpaired) electrons. The molecule has 1 aliphatic heterocycles. The highest BCUT2D eigenvalue weighted by molar-refractivity contribution is 7.15. The maximum absolute atomic E-state index is 5.75. The van der Waals surface area contributed by atoms with Crippen LogP contribution in [-0.2, 0) is 11.3 Å². The summed E-state index contributed by atoms with van der Waals surface area (Å²) in [7, 11) is 0. The molecule has 1 aliphatic rings. The molecule has 0 aliphatic carbocycles. The number of hydrogen-bond donors (Lipinski definition) is 1. The van der Waals surface area contributed by atoms with Gasteiger partial charge in [0.1, 0.15) is 0 Å². The van der Waals surface area contributed by atoms with Crippen molar-refractivity contribution >= 4 is 22.9 Å². The Balaban J connectivity index is 1.51. The van der Waals surface area contributed by atoms with Gasteiger partial charge in [0, 0.05) is 18.8 Å². The molecule has 1 aromatic rings. The highest BCUT2D eigenvalue weighted by Crippen LogP contribution is 2.18. The Morgan fingerprint density at radius 2 is 2.47 bits per heavy atom. The van der Waals surface area contributed by atoms with E-state index in [4.69, 9.17) is 16.3 Å². The molecule has 2 rings (SSSR count). The number of hydrogen-bond acceptors (Lipinski definition) is 4. The van der Waals surface area contributed by atoms with E-state index in [1.807, 2.05) is 0 Å². The van der Waals surface area contributed by atoms with Crippen LogP contribution in [0.4, 0.5) is 0 Å². The van der Waals surface area contributed by atoms with Gasteiger partial charge in [-0.05, 0) is 32.2 Å². The molecular weight excluding hydrogens is 256 g/mol. The molecule has 0 spiro atoms. The predicted octanol–water partition coefficient (Wildman–Crippen LogP) is 3.24. The number of rotatable bonds is 6. The lowest BCUT2D eigenvalue weighted by Crippen LogP contribution is -2.33. The zero-order valence-electron chi connectivity index (χ0n) is 9.95. The van der Waals surface area contributed by atoms with Crippen LogP contribution in [0.5, 0.6) is 0 Å². The monoisotopic (exact) mass is 274 g/mol. The maximum Gasteiger partial charge on any atom is 0.183 e. The predicted molar refractivity (Wildman–Crippen MR) is 71.7 cm³/mol. The lowest BCUT2D eigenvalue weighted by Gasteiger charge is -2.23. The van der Waals surface area contributed by atoms with Gasteiger partial charge in [-0.15, -0.1) is 11.3 Å². The Kier molecular flexibility index (Phi) is 5.71. The number of nitrogens with one attached hydrogen (secondary N) is 1. The average molecular weight is 275 g/mol. The van der Waals surface area contributed by atoms with Gasteiger partial charge in [0.2, 0.25) is 0 Å². The molecule has 1 N–H and O–H groups in total. The molecule has 0 bridgehead atoms. The zero-order chi connectivity index (χ0) is 11.9. The van der Waals surface area contributed by atoms with Gasteiger partial charge in [0.05, 0.1) is 11.5 Å². The quantitative estimate of drug-likeness (QED) is 0.809. The maximum atomic E-state index is 5.75. The number of aromatic nitrogens is 1.